The van der Waals surface area contributed by atoms with E-state index in [1.807, 2.05) is 0 Å². The van der Waals surface area contributed by atoms with E-state index in [4.69, 9.17) is 10.8 Å². The molecule has 0 spiro atoms. The van der Waals surface area contributed by atoms with E-state index in [1.54, 1.807) is 12.1 Å². The smallest absolute Gasteiger partial charge is 0.326 e. The van der Waals surface area contributed by atoms with Crippen LogP contribution >= 0.6 is 31.9 Å². The van der Waals surface area contributed by atoms with Crippen LogP contribution in [0, 0.1) is 0 Å². The summed E-state index contributed by atoms with van der Waals surface area (Å²) in [4.78, 5) is 61.3. The molecule has 13 nitrogen and oxygen atoms in total. The number of H-pyrrole nitrogens is 1. The Hall–Kier alpha value is -3.59. The number of rotatable bonds is 9. The van der Waals surface area contributed by atoms with Crippen molar-refractivity contribution >= 4 is 72.5 Å². The van der Waals surface area contributed by atoms with Crippen LogP contribution in [-0.2, 0) is 16.1 Å². The third-order valence-electron chi connectivity index (χ3n) is 4.48. The van der Waals surface area contributed by atoms with Crippen molar-refractivity contribution in [2.45, 2.75) is 25.4 Å². The van der Waals surface area contributed by atoms with Gasteiger partial charge in [-0.25, -0.2) is 14.8 Å². The Balaban J connectivity index is 1.74. The van der Waals surface area contributed by atoms with Crippen LogP contribution in [0.15, 0.2) is 32.1 Å². The van der Waals surface area contributed by atoms with Gasteiger partial charge in [-0.2, -0.15) is 4.98 Å². The minimum Gasteiger partial charge on any atom is -0.481 e. The van der Waals surface area contributed by atoms with E-state index in [2.05, 4.69) is 62.4 Å². The van der Waals surface area contributed by atoms with Crippen molar-refractivity contribution in [2.24, 2.45) is 0 Å². The first-order valence-corrected chi connectivity index (χ1v) is 11.1. The van der Waals surface area contributed by atoms with Crippen molar-refractivity contribution in [2.75, 3.05) is 11.1 Å². The Morgan fingerprint density at radius 1 is 1.15 bits per heavy atom. The Morgan fingerprint density at radius 3 is 2.44 bits per heavy atom. The Kier molecular flexibility index (Phi) is 7.78. The molecule has 0 bridgehead atoms. The van der Waals surface area contributed by atoms with Gasteiger partial charge in [-0.3, -0.25) is 19.4 Å². The van der Waals surface area contributed by atoms with Crippen LogP contribution in [0.2, 0.25) is 0 Å². The zero-order valence-electron chi connectivity index (χ0n) is 17.1. The third-order valence-corrected chi connectivity index (χ3v) is 5.73. The molecule has 3 aromatic rings. The summed E-state index contributed by atoms with van der Waals surface area (Å²) < 4.78 is 0.704. The molecule has 178 valence electrons. The minimum absolute atomic E-state index is 0.0405. The summed E-state index contributed by atoms with van der Waals surface area (Å²) in [6, 6.07) is 1.83. The second-order valence-corrected chi connectivity index (χ2v) is 8.66. The van der Waals surface area contributed by atoms with Gasteiger partial charge in [0.2, 0.25) is 5.95 Å². The van der Waals surface area contributed by atoms with E-state index in [1.165, 1.54) is 6.20 Å². The Morgan fingerprint density at radius 2 is 1.82 bits per heavy atom. The molecule has 0 radical (unpaired) electrons. The van der Waals surface area contributed by atoms with E-state index in [9.17, 15) is 24.3 Å². The lowest BCUT2D eigenvalue weighted by Crippen LogP contribution is -2.41. The molecule has 0 aliphatic heterocycles. The number of nitrogens with two attached hydrogens (primary N) is 1. The first-order valence-electron chi connectivity index (χ1n) is 9.55. The first-order chi connectivity index (χ1) is 16.0. The number of benzene rings is 1. The van der Waals surface area contributed by atoms with E-state index < -0.39 is 35.9 Å². The van der Waals surface area contributed by atoms with Gasteiger partial charge in [0.25, 0.3) is 11.5 Å². The molecule has 0 fully saturated rings. The maximum Gasteiger partial charge on any atom is 0.326 e. The Labute approximate surface area is 207 Å². The summed E-state index contributed by atoms with van der Waals surface area (Å²) in [7, 11) is 0. The van der Waals surface area contributed by atoms with Crippen LogP contribution in [0.5, 0.6) is 0 Å². The van der Waals surface area contributed by atoms with Gasteiger partial charge in [0.05, 0.1) is 24.0 Å². The molecule has 34 heavy (non-hydrogen) atoms. The van der Waals surface area contributed by atoms with Gasteiger partial charge in [-0.15, -0.1) is 0 Å². The molecule has 0 aliphatic rings. The van der Waals surface area contributed by atoms with Crippen molar-refractivity contribution < 1.29 is 24.6 Å². The number of carbonyl (C=O) groups excluding carboxylic acids is 1. The van der Waals surface area contributed by atoms with Gasteiger partial charge < -0.3 is 26.6 Å². The van der Waals surface area contributed by atoms with Crippen molar-refractivity contribution in [3.63, 3.8) is 0 Å². The molecule has 1 amide bonds. The number of aromatic amines is 1. The summed E-state index contributed by atoms with van der Waals surface area (Å²) in [5.41, 5.74) is 6.29. The second-order valence-electron chi connectivity index (χ2n) is 6.95. The molecular weight excluding hydrogens is 582 g/mol. The van der Waals surface area contributed by atoms with Gasteiger partial charge in [0, 0.05) is 21.1 Å². The lowest BCUT2D eigenvalue weighted by Gasteiger charge is -2.16. The number of aromatic nitrogens is 4. The number of hydrogen-bond donors (Lipinski definition) is 6. The molecule has 2 aromatic heterocycles. The van der Waals surface area contributed by atoms with Crippen LogP contribution < -0.4 is 21.9 Å². The molecule has 0 unspecified atom stereocenters. The summed E-state index contributed by atoms with van der Waals surface area (Å²) in [5.74, 6) is -3.27. The number of carbonyl (C=O) groups is 3. The van der Waals surface area contributed by atoms with Crippen molar-refractivity contribution in [3.8, 4) is 0 Å². The predicted octanol–water partition coefficient (Wildman–Crippen LogP) is 1.48. The van der Waals surface area contributed by atoms with Gasteiger partial charge in [0.15, 0.2) is 11.2 Å². The lowest BCUT2D eigenvalue weighted by atomic mass is 10.1. The number of anilines is 2. The highest BCUT2D eigenvalue weighted by atomic mass is 79.9. The summed E-state index contributed by atoms with van der Waals surface area (Å²) >= 11 is 6.59. The van der Waals surface area contributed by atoms with E-state index in [0.29, 0.717) is 20.3 Å². The number of carboxylic acid groups (broad SMARTS) is 2. The normalized spacial score (nSPS) is 11.7. The zero-order chi connectivity index (χ0) is 25.0. The summed E-state index contributed by atoms with van der Waals surface area (Å²) in [5, 5.41) is 23.4. The first kappa shape index (κ1) is 25.0. The van der Waals surface area contributed by atoms with Crippen molar-refractivity contribution in [1.29, 1.82) is 0 Å². The standard InChI is InChI=1S/C19H17Br2N7O6/c20-9-3-7(23-5-8-6-24-15-14(25-8)17(32)28-19(22)27-15)4-10(21)13(9)16(31)26-11(18(33)34)1-2-12(29)30/h3-4,6,11,23H,1-2,5H2,(H,26,31)(H,29,30)(H,33,34)(H3,22,24,27,28,32)/t11-/m0/s1. The average molecular weight is 599 g/mol. The van der Waals surface area contributed by atoms with Crippen LogP contribution in [0.25, 0.3) is 11.2 Å². The number of nitrogen functional groups attached to an aromatic ring is 1. The molecular formula is C19H17Br2N7O6. The number of nitrogens with zero attached hydrogens (tertiary/aromatic N) is 3. The number of nitrogens with one attached hydrogen (secondary N) is 3. The van der Waals surface area contributed by atoms with E-state index >= 15 is 0 Å². The fraction of sp³-hybridized carbons (Fsp3) is 0.211. The van der Waals surface area contributed by atoms with Crippen molar-refractivity contribution in [1.82, 2.24) is 25.3 Å². The highest BCUT2D eigenvalue weighted by Crippen LogP contribution is 2.30. The summed E-state index contributed by atoms with van der Waals surface area (Å²) in [6.45, 7) is 0.188. The van der Waals surface area contributed by atoms with Crippen LogP contribution in [0.3, 0.4) is 0 Å². The number of fused-ring (bicyclic) bond motifs is 1. The molecule has 0 saturated carbocycles. The quantitative estimate of drug-likeness (QED) is 0.207. The number of hydrogen-bond acceptors (Lipinski definition) is 9. The SMILES string of the molecule is Nc1nc2ncc(CNc3cc(Br)c(C(=O)N[C@@H](CCC(=O)O)C(=O)O)c(Br)c3)nc2c(=O)[nH]1. The molecule has 1 atom stereocenters. The summed E-state index contributed by atoms with van der Waals surface area (Å²) in [6.07, 6.45) is 0.773. The molecule has 1 aromatic carbocycles. The van der Waals surface area contributed by atoms with Gasteiger partial charge in [-0.05, 0) is 50.4 Å². The van der Waals surface area contributed by atoms with Gasteiger partial charge in [-0.1, -0.05) is 0 Å². The fourth-order valence-electron chi connectivity index (χ4n) is 2.90. The number of carboxylic acids is 2. The highest BCUT2D eigenvalue weighted by molar-refractivity contribution is 9.11. The number of halogens is 2. The average Bonchev–Trinajstić information content (AvgIpc) is 2.74. The van der Waals surface area contributed by atoms with Gasteiger partial charge in [0.1, 0.15) is 6.04 Å². The minimum atomic E-state index is -1.36. The lowest BCUT2D eigenvalue weighted by molar-refractivity contribution is -0.140. The molecule has 2 heterocycles. The fourth-order valence-corrected chi connectivity index (χ4v) is 4.44. The Bertz CT molecular complexity index is 1320. The molecule has 0 aliphatic carbocycles. The third kappa shape index (κ3) is 6.05. The topological polar surface area (TPSA) is 213 Å². The maximum atomic E-state index is 12.6. The molecule has 0 saturated heterocycles. The zero-order valence-corrected chi connectivity index (χ0v) is 20.3. The predicted molar refractivity (Wildman–Crippen MR) is 127 cm³/mol. The second kappa shape index (κ2) is 10.6. The molecule has 7 N–H and O–H groups in total. The molecule has 3 rings (SSSR count). The van der Waals surface area contributed by atoms with Crippen molar-refractivity contribution in [3.05, 3.63) is 48.9 Å². The monoisotopic (exact) mass is 597 g/mol. The largest absolute Gasteiger partial charge is 0.481 e. The van der Waals surface area contributed by atoms with E-state index in [-0.39, 0.29) is 35.6 Å². The van der Waals surface area contributed by atoms with E-state index in [0.717, 1.165) is 0 Å². The maximum absolute atomic E-state index is 12.6. The highest BCUT2D eigenvalue weighted by Gasteiger charge is 2.24. The number of amides is 1. The molecule has 15 heteroatoms. The van der Waals surface area contributed by atoms with Gasteiger partial charge >= 0.3 is 11.9 Å². The van der Waals surface area contributed by atoms with Crippen LogP contribution in [-0.4, -0.2) is 54.0 Å². The number of aliphatic carboxylic acids is 2. The van der Waals surface area contributed by atoms with Crippen LogP contribution in [0.1, 0.15) is 28.9 Å². The van der Waals surface area contributed by atoms with Crippen LogP contribution in [0.4, 0.5) is 11.6 Å².